The Labute approximate surface area is 175 Å². The summed E-state index contributed by atoms with van der Waals surface area (Å²) in [7, 11) is 0. The van der Waals surface area contributed by atoms with E-state index in [1.807, 2.05) is 24.6 Å². The third-order valence-corrected chi connectivity index (χ3v) is 6.02. The van der Waals surface area contributed by atoms with E-state index in [2.05, 4.69) is 40.5 Å². The topological polar surface area (TPSA) is 83.6 Å². The molecule has 7 heteroatoms. The van der Waals surface area contributed by atoms with Crippen molar-refractivity contribution in [1.82, 2.24) is 14.8 Å². The number of amides is 1. The average molecular weight is 410 g/mol. The van der Waals surface area contributed by atoms with Gasteiger partial charge in [-0.15, -0.1) is 0 Å². The van der Waals surface area contributed by atoms with Gasteiger partial charge in [-0.2, -0.15) is 10.4 Å². The molecule has 0 radical (unpaired) electrons. The smallest absolute Gasteiger partial charge is 0.226 e. The lowest BCUT2D eigenvalue weighted by molar-refractivity contribution is -0.116. The predicted molar refractivity (Wildman–Crippen MR) is 117 cm³/mol. The standard InChI is InChI=1S/C22H27N5OS/c1-4-5-7-17-8-10-19-20(14-17)29-22(24-19)25-21(28)11-9-18-15(2)26-27(16(18)3)13-6-12-23/h8,10,14H,4-7,9,11,13H2,1-3H3,(H,24,25,28). The van der Waals surface area contributed by atoms with Crippen LogP contribution in [0, 0.1) is 25.2 Å². The number of aromatic nitrogens is 3. The van der Waals surface area contributed by atoms with Crippen molar-refractivity contribution in [3.05, 3.63) is 40.7 Å². The second kappa shape index (κ2) is 9.66. The van der Waals surface area contributed by atoms with Crippen molar-refractivity contribution in [2.45, 2.75) is 65.8 Å². The molecule has 3 rings (SSSR count). The van der Waals surface area contributed by atoms with Gasteiger partial charge in [-0.3, -0.25) is 9.48 Å². The molecule has 6 nitrogen and oxygen atoms in total. The number of fused-ring (bicyclic) bond motifs is 1. The molecule has 1 amide bonds. The van der Waals surface area contributed by atoms with Gasteiger partial charge in [-0.1, -0.05) is 30.7 Å². The molecule has 0 atom stereocenters. The molecule has 0 aliphatic rings. The van der Waals surface area contributed by atoms with Gasteiger partial charge in [0.25, 0.3) is 0 Å². The number of aryl methyl sites for hydroxylation is 3. The van der Waals surface area contributed by atoms with Gasteiger partial charge in [0.05, 0.1) is 34.9 Å². The van der Waals surface area contributed by atoms with E-state index >= 15 is 0 Å². The van der Waals surface area contributed by atoms with Gasteiger partial charge in [-0.05, 0) is 56.4 Å². The summed E-state index contributed by atoms with van der Waals surface area (Å²) >= 11 is 1.52. The Balaban J connectivity index is 1.61. The van der Waals surface area contributed by atoms with Crippen molar-refractivity contribution in [2.75, 3.05) is 5.32 Å². The molecule has 0 saturated carbocycles. The third kappa shape index (κ3) is 5.21. The van der Waals surface area contributed by atoms with Crippen molar-refractivity contribution in [3.63, 3.8) is 0 Å². The maximum absolute atomic E-state index is 12.5. The number of hydrogen-bond donors (Lipinski definition) is 1. The molecule has 3 aromatic rings. The maximum atomic E-state index is 12.5. The monoisotopic (exact) mass is 409 g/mol. The summed E-state index contributed by atoms with van der Waals surface area (Å²) in [5.74, 6) is -0.0427. The van der Waals surface area contributed by atoms with E-state index in [1.165, 1.54) is 29.7 Å². The van der Waals surface area contributed by atoms with Gasteiger partial charge in [-0.25, -0.2) is 4.98 Å². The molecule has 0 saturated heterocycles. The van der Waals surface area contributed by atoms with Gasteiger partial charge in [0, 0.05) is 12.1 Å². The third-order valence-electron chi connectivity index (χ3n) is 5.09. The predicted octanol–water partition coefficient (Wildman–Crippen LogP) is 4.94. The summed E-state index contributed by atoms with van der Waals surface area (Å²) in [6.07, 6.45) is 4.87. The molecule has 0 fully saturated rings. The van der Waals surface area contributed by atoms with Crippen molar-refractivity contribution in [2.24, 2.45) is 0 Å². The Morgan fingerprint density at radius 3 is 2.90 bits per heavy atom. The van der Waals surface area contributed by atoms with Crippen LogP contribution in [0.3, 0.4) is 0 Å². The normalized spacial score (nSPS) is 11.0. The molecule has 2 aromatic heterocycles. The Kier molecular flexibility index (Phi) is 6.99. The number of thiazole rings is 1. The van der Waals surface area contributed by atoms with Crippen LogP contribution in [-0.2, 0) is 24.2 Å². The van der Waals surface area contributed by atoms with E-state index in [-0.39, 0.29) is 5.91 Å². The van der Waals surface area contributed by atoms with Crippen molar-refractivity contribution in [3.8, 4) is 6.07 Å². The number of nitriles is 1. The minimum atomic E-state index is -0.0427. The first kappa shape index (κ1) is 21.0. The summed E-state index contributed by atoms with van der Waals surface area (Å²) in [5, 5.41) is 16.9. The molecule has 2 heterocycles. The molecule has 0 bridgehead atoms. The van der Waals surface area contributed by atoms with E-state index in [0.29, 0.717) is 30.9 Å². The Hall–Kier alpha value is -2.72. The average Bonchev–Trinajstić information content (AvgIpc) is 3.22. The van der Waals surface area contributed by atoms with E-state index in [1.54, 1.807) is 0 Å². The lowest BCUT2D eigenvalue weighted by atomic mass is 10.1. The second-order valence-electron chi connectivity index (χ2n) is 7.25. The van der Waals surface area contributed by atoms with Gasteiger partial charge in [0.1, 0.15) is 0 Å². The lowest BCUT2D eigenvalue weighted by Gasteiger charge is -2.04. The van der Waals surface area contributed by atoms with Crippen LogP contribution in [-0.4, -0.2) is 20.7 Å². The summed E-state index contributed by atoms with van der Waals surface area (Å²) in [4.78, 5) is 17.0. The molecule has 0 aliphatic heterocycles. The van der Waals surface area contributed by atoms with Gasteiger partial charge < -0.3 is 5.32 Å². The highest BCUT2D eigenvalue weighted by Gasteiger charge is 2.14. The van der Waals surface area contributed by atoms with Crippen LogP contribution < -0.4 is 5.32 Å². The first-order valence-corrected chi connectivity index (χ1v) is 10.9. The van der Waals surface area contributed by atoms with Crippen LogP contribution in [0.15, 0.2) is 18.2 Å². The molecule has 0 spiro atoms. The summed E-state index contributed by atoms with van der Waals surface area (Å²) < 4.78 is 2.97. The zero-order valence-electron chi connectivity index (χ0n) is 17.3. The van der Waals surface area contributed by atoms with Gasteiger partial charge in [0.15, 0.2) is 5.13 Å². The molecule has 0 aliphatic carbocycles. The van der Waals surface area contributed by atoms with E-state index < -0.39 is 0 Å². The molecular formula is C22H27N5OS. The minimum absolute atomic E-state index is 0.0427. The minimum Gasteiger partial charge on any atom is -0.302 e. The number of nitrogens with one attached hydrogen (secondary N) is 1. The van der Waals surface area contributed by atoms with Crippen LogP contribution in [0.4, 0.5) is 5.13 Å². The van der Waals surface area contributed by atoms with Crippen molar-refractivity contribution in [1.29, 1.82) is 5.26 Å². The Morgan fingerprint density at radius 1 is 1.31 bits per heavy atom. The maximum Gasteiger partial charge on any atom is 0.226 e. The summed E-state index contributed by atoms with van der Waals surface area (Å²) in [6, 6.07) is 8.48. The second-order valence-corrected chi connectivity index (χ2v) is 8.28. The Morgan fingerprint density at radius 2 is 2.14 bits per heavy atom. The Bertz CT molecular complexity index is 1040. The first-order valence-electron chi connectivity index (χ1n) is 10.1. The molecular weight excluding hydrogens is 382 g/mol. The quantitative estimate of drug-likeness (QED) is 0.543. The van der Waals surface area contributed by atoms with Crippen LogP contribution in [0.5, 0.6) is 0 Å². The van der Waals surface area contributed by atoms with Crippen LogP contribution in [0.1, 0.15) is 55.1 Å². The molecule has 1 N–H and O–H groups in total. The molecule has 0 unspecified atom stereocenters. The number of hydrogen-bond acceptors (Lipinski definition) is 5. The number of unbranched alkanes of at least 4 members (excludes halogenated alkanes) is 1. The zero-order valence-corrected chi connectivity index (χ0v) is 18.1. The highest BCUT2D eigenvalue weighted by molar-refractivity contribution is 7.22. The van der Waals surface area contributed by atoms with E-state index in [4.69, 9.17) is 5.26 Å². The fourth-order valence-corrected chi connectivity index (χ4v) is 4.39. The first-order chi connectivity index (χ1) is 14.0. The van der Waals surface area contributed by atoms with Gasteiger partial charge >= 0.3 is 0 Å². The number of nitrogens with zero attached hydrogens (tertiary/aromatic N) is 4. The fraction of sp³-hybridized carbons (Fsp3) is 0.455. The largest absolute Gasteiger partial charge is 0.302 e. The molecule has 152 valence electrons. The van der Waals surface area contributed by atoms with Crippen LogP contribution in [0.2, 0.25) is 0 Å². The lowest BCUT2D eigenvalue weighted by Crippen LogP contribution is -2.12. The van der Waals surface area contributed by atoms with Crippen molar-refractivity contribution < 1.29 is 4.79 Å². The number of benzene rings is 1. The summed E-state index contributed by atoms with van der Waals surface area (Å²) in [6.45, 7) is 6.72. The molecule has 29 heavy (non-hydrogen) atoms. The fourth-order valence-electron chi connectivity index (χ4n) is 3.45. The van der Waals surface area contributed by atoms with Crippen LogP contribution in [0.25, 0.3) is 10.2 Å². The number of rotatable bonds is 9. The SMILES string of the molecule is CCCCc1ccc2nc(NC(=O)CCc3c(C)nn(CCC#N)c3C)sc2c1. The van der Waals surface area contributed by atoms with Gasteiger partial charge in [0.2, 0.25) is 5.91 Å². The zero-order chi connectivity index (χ0) is 20.8. The van der Waals surface area contributed by atoms with Crippen molar-refractivity contribution >= 4 is 32.6 Å². The number of carbonyl (C=O) groups is 1. The number of carbonyl (C=O) groups excluding carboxylic acids is 1. The van der Waals surface area contributed by atoms with Crippen LogP contribution >= 0.6 is 11.3 Å². The highest BCUT2D eigenvalue weighted by Crippen LogP contribution is 2.27. The van der Waals surface area contributed by atoms with E-state index in [0.717, 1.165) is 33.6 Å². The van der Waals surface area contributed by atoms with E-state index in [9.17, 15) is 4.79 Å². The number of anilines is 1. The highest BCUT2D eigenvalue weighted by atomic mass is 32.1. The molecule has 1 aromatic carbocycles. The summed E-state index contributed by atoms with van der Waals surface area (Å²) in [5.41, 5.74) is 5.29.